The van der Waals surface area contributed by atoms with Crippen LogP contribution in [0.25, 0.3) is 0 Å². The fourth-order valence-corrected chi connectivity index (χ4v) is 0.668. The number of alkyl halides is 3. The molecule has 0 amide bonds. The van der Waals surface area contributed by atoms with E-state index in [9.17, 15) is 17.4 Å². The van der Waals surface area contributed by atoms with E-state index in [1.165, 1.54) is 0 Å². The molecule has 0 saturated heterocycles. The maximum atomic E-state index is 11.3. The van der Waals surface area contributed by atoms with Crippen LogP contribution in [0.5, 0.6) is 0 Å². The normalized spacial score (nSPS) is 15.6. The minimum absolute atomic E-state index is 0.202. The second-order valence-corrected chi connectivity index (χ2v) is 2.85. The molecule has 0 aromatic heterocycles. The first-order valence-corrected chi connectivity index (χ1v) is 3.45. The Balaban J connectivity index is 3.74. The van der Waals surface area contributed by atoms with E-state index in [0.717, 1.165) is 0 Å². The van der Waals surface area contributed by atoms with Crippen molar-refractivity contribution in [3.05, 3.63) is 0 Å². The summed E-state index contributed by atoms with van der Waals surface area (Å²) >= 11 is 0. The van der Waals surface area contributed by atoms with E-state index in [1.807, 2.05) is 0 Å². The quantitative estimate of drug-likeness (QED) is 0.629. The van der Waals surface area contributed by atoms with Crippen molar-refractivity contribution in [1.82, 2.24) is 0 Å². The van der Waals surface area contributed by atoms with Crippen molar-refractivity contribution in [2.24, 2.45) is 5.73 Å². The summed E-state index contributed by atoms with van der Waals surface area (Å²) < 4.78 is 43.8. The van der Waals surface area contributed by atoms with Gasteiger partial charge in [-0.25, -0.2) is 0 Å². The van der Waals surface area contributed by atoms with Gasteiger partial charge in [-0.3, -0.25) is 4.21 Å². The van der Waals surface area contributed by atoms with Gasteiger partial charge in [0.15, 0.2) is 0 Å². The van der Waals surface area contributed by atoms with Gasteiger partial charge in [-0.05, 0) is 0 Å². The van der Waals surface area contributed by atoms with Crippen molar-refractivity contribution < 1.29 is 17.4 Å². The molecule has 1 atom stereocenters. The van der Waals surface area contributed by atoms with Crippen LogP contribution in [0.3, 0.4) is 0 Å². The fraction of sp³-hybridized carbons (Fsp3) is 1.00. The Morgan fingerprint density at radius 3 is 2.00 bits per heavy atom. The molecule has 9 heavy (non-hydrogen) atoms. The lowest BCUT2D eigenvalue weighted by Gasteiger charge is -2.02. The molecule has 2 nitrogen and oxygen atoms in total. The molecule has 0 radical (unpaired) electrons. The van der Waals surface area contributed by atoms with Crippen molar-refractivity contribution >= 4 is 10.8 Å². The third-order valence-electron chi connectivity index (χ3n) is 0.561. The molecule has 0 aliphatic carbocycles. The van der Waals surface area contributed by atoms with E-state index in [1.54, 1.807) is 0 Å². The zero-order chi connectivity index (χ0) is 7.49. The number of rotatable bonds is 2. The first-order chi connectivity index (χ1) is 3.98. The second-order valence-electron chi connectivity index (χ2n) is 1.28. The van der Waals surface area contributed by atoms with Gasteiger partial charge in [0.25, 0.3) is 0 Å². The van der Waals surface area contributed by atoms with E-state index >= 15 is 0 Å². The molecule has 0 aromatic carbocycles. The van der Waals surface area contributed by atoms with Crippen LogP contribution < -0.4 is 5.73 Å². The average molecular weight is 161 g/mol. The number of nitrogens with two attached hydrogens (primary N) is 1. The summed E-state index contributed by atoms with van der Waals surface area (Å²) in [6.07, 6.45) is 0. The van der Waals surface area contributed by atoms with Crippen LogP contribution in [0.1, 0.15) is 0 Å². The summed E-state index contributed by atoms with van der Waals surface area (Å²) in [7, 11) is -2.76. The fourth-order valence-electron chi connectivity index (χ4n) is 0.223. The minimum Gasteiger partial charge on any atom is -0.330 e. The zero-order valence-electron chi connectivity index (χ0n) is 4.44. The molecule has 0 aromatic rings. The van der Waals surface area contributed by atoms with E-state index in [0.29, 0.717) is 0 Å². The molecule has 0 fully saturated rings. The molecule has 0 spiro atoms. The molecule has 0 unspecified atom stereocenters. The Hall–Kier alpha value is -0.100. The maximum Gasteiger partial charge on any atom is 0.471 e. The van der Waals surface area contributed by atoms with E-state index in [4.69, 9.17) is 5.73 Å². The number of hydrogen-bond donors (Lipinski definition) is 1. The van der Waals surface area contributed by atoms with Crippen molar-refractivity contribution in [3.8, 4) is 0 Å². The SMILES string of the molecule is NCC[S@](=O)C(F)(F)F. The van der Waals surface area contributed by atoms with Crippen molar-refractivity contribution in [1.29, 1.82) is 0 Å². The highest BCUT2D eigenvalue weighted by molar-refractivity contribution is 7.85. The summed E-state index contributed by atoms with van der Waals surface area (Å²) in [5, 5.41) is 0. The molecular formula is C3H6F3NOS. The van der Waals surface area contributed by atoms with E-state index in [2.05, 4.69) is 0 Å². The van der Waals surface area contributed by atoms with Crippen LogP contribution in [-0.2, 0) is 10.8 Å². The van der Waals surface area contributed by atoms with Crippen LogP contribution in [0.15, 0.2) is 0 Å². The molecule has 0 aliphatic rings. The topological polar surface area (TPSA) is 43.1 Å². The van der Waals surface area contributed by atoms with Crippen LogP contribution in [0.2, 0.25) is 0 Å². The molecule has 2 N–H and O–H groups in total. The molecule has 0 saturated carbocycles. The van der Waals surface area contributed by atoms with Crippen molar-refractivity contribution in [3.63, 3.8) is 0 Å². The Bertz CT molecular complexity index is 112. The second kappa shape index (κ2) is 3.17. The molecule has 0 aliphatic heterocycles. The van der Waals surface area contributed by atoms with Crippen molar-refractivity contribution in [2.75, 3.05) is 12.3 Å². The highest BCUT2D eigenvalue weighted by atomic mass is 32.2. The lowest BCUT2D eigenvalue weighted by atomic mass is 10.8. The number of hydrogen-bond acceptors (Lipinski definition) is 2. The third kappa shape index (κ3) is 3.47. The third-order valence-corrected chi connectivity index (χ3v) is 1.68. The molecule has 0 heterocycles. The first-order valence-electron chi connectivity index (χ1n) is 2.13. The Kier molecular flexibility index (Phi) is 3.13. The zero-order valence-corrected chi connectivity index (χ0v) is 5.26. The smallest absolute Gasteiger partial charge is 0.330 e. The Morgan fingerprint density at radius 2 is 1.89 bits per heavy atom. The molecule has 56 valence electrons. The van der Waals surface area contributed by atoms with Gasteiger partial charge in [0.1, 0.15) is 10.8 Å². The molecule has 0 rings (SSSR count). The van der Waals surface area contributed by atoms with Gasteiger partial charge >= 0.3 is 5.51 Å². The molecule has 6 heteroatoms. The summed E-state index contributed by atoms with van der Waals surface area (Å²) in [5.74, 6) is -0.510. The lowest BCUT2D eigenvalue weighted by molar-refractivity contribution is -0.0383. The van der Waals surface area contributed by atoms with Gasteiger partial charge in [-0.15, -0.1) is 0 Å². The lowest BCUT2D eigenvalue weighted by Crippen LogP contribution is -2.23. The largest absolute Gasteiger partial charge is 0.471 e. The average Bonchev–Trinajstić information content (AvgIpc) is 1.64. The summed E-state index contributed by atoms with van der Waals surface area (Å²) in [5.41, 5.74) is 0.135. The van der Waals surface area contributed by atoms with Gasteiger partial charge in [0, 0.05) is 12.3 Å². The maximum absolute atomic E-state index is 11.3. The minimum atomic E-state index is -4.60. The van der Waals surface area contributed by atoms with Gasteiger partial charge < -0.3 is 5.73 Å². The van der Waals surface area contributed by atoms with Gasteiger partial charge in [-0.1, -0.05) is 0 Å². The summed E-state index contributed by atoms with van der Waals surface area (Å²) in [6.45, 7) is -0.202. The van der Waals surface area contributed by atoms with E-state index < -0.39 is 22.1 Å². The monoisotopic (exact) mass is 161 g/mol. The van der Waals surface area contributed by atoms with Crippen molar-refractivity contribution in [2.45, 2.75) is 5.51 Å². The van der Waals surface area contributed by atoms with Crippen LogP contribution >= 0.6 is 0 Å². The first kappa shape index (κ1) is 8.90. The summed E-state index contributed by atoms with van der Waals surface area (Å²) in [6, 6.07) is 0. The van der Waals surface area contributed by atoms with E-state index in [-0.39, 0.29) is 6.54 Å². The predicted octanol–water partition coefficient (Wildman–Crippen LogP) is 0.214. The van der Waals surface area contributed by atoms with Gasteiger partial charge in [0.2, 0.25) is 0 Å². The Morgan fingerprint density at radius 1 is 1.44 bits per heavy atom. The van der Waals surface area contributed by atoms with Gasteiger partial charge in [-0.2, -0.15) is 13.2 Å². The highest BCUT2D eigenvalue weighted by Crippen LogP contribution is 2.19. The highest BCUT2D eigenvalue weighted by Gasteiger charge is 2.35. The molecule has 0 bridgehead atoms. The van der Waals surface area contributed by atoms with Gasteiger partial charge in [0.05, 0.1) is 0 Å². The standard InChI is InChI=1S/C3H6F3NOS/c4-3(5,6)9(8)2-1-7/h1-2,7H2/t9-/m0/s1. The summed E-state index contributed by atoms with van der Waals surface area (Å²) in [4.78, 5) is 0. The van der Waals surface area contributed by atoms with Crippen LogP contribution in [-0.4, -0.2) is 22.0 Å². The van der Waals surface area contributed by atoms with Crippen LogP contribution in [0, 0.1) is 0 Å². The van der Waals surface area contributed by atoms with Crippen LogP contribution in [0.4, 0.5) is 13.2 Å². The predicted molar refractivity (Wildman–Crippen MR) is 28.1 cm³/mol. The Labute approximate surface area is 52.7 Å². The number of halogens is 3. The molecular weight excluding hydrogens is 155 g/mol.